The van der Waals surface area contributed by atoms with Gasteiger partial charge < -0.3 is 9.80 Å². The minimum absolute atomic E-state index is 0.0593. The Balaban J connectivity index is 1.06. The largest absolute Gasteiger partial charge is 0.311 e. The minimum atomic E-state index is -0.0837. The van der Waals surface area contributed by atoms with E-state index in [0.29, 0.717) is 5.92 Å². The van der Waals surface area contributed by atoms with Crippen LogP contribution >= 0.6 is 0 Å². The van der Waals surface area contributed by atoms with Gasteiger partial charge in [0.15, 0.2) is 0 Å². The molecule has 2 nitrogen and oxygen atoms in total. The predicted molar refractivity (Wildman–Crippen MR) is 246 cm³/mol. The molecular weight excluding hydrogens is 701 g/mol. The van der Waals surface area contributed by atoms with Gasteiger partial charge in [0.05, 0.1) is 0 Å². The molecule has 0 saturated heterocycles. The van der Waals surface area contributed by atoms with Crippen molar-refractivity contribution in [1.29, 1.82) is 0 Å². The van der Waals surface area contributed by atoms with Gasteiger partial charge in [-0.15, -0.1) is 0 Å². The SMILES string of the molecule is CC1CCCC(c2ccc(N(c3ccccc3)c3ccccc3)cc2)(c2ccc(N(c3ccc4c(c3)C(C)(C)c3ccccc3-4)c3ccc4ccccc4c3)cc2)C1. The summed E-state index contributed by atoms with van der Waals surface area (Å²) in [5, 5.41) is 2.49. The van der Waals surface area contributed by atoms with Crippen LogP contribution in [-0.4, -0.2) is 0 Å². The van der Waals surface area contributed by atoms with E-state index in [9.17, 15) is 0 Å². The average Bonchev–Trinajstić information content (AvgIpc) is 3.50. The van der Waals surface area contributed by atoms with E-state index in [1.807, 2.05) is 0 Å². The number of para-hydroxylation sites is 2. The standard InChI is InChI=1S/C56H50N2/c1-40-15-14-36-56(39-40,43-25-30-47(31-26-43)57(45-18-6-4-7-19-45)46-20-8-5-9-21-46)44-27-32-48(33-28-44)58(49-29-24-41-16-10-11-17-42(41)37-49)50-34-35-52-51-22-12-13-23-53(51)55(2,3)54(52)38-50/h4-13,16-35,37-38,40H,14-15,36,39H2,1-3H3. The number of fused-ring (bicyclic) bond motifs is 4. The van der Waals surface area contributed by atoms with Gasteiger partial charge in [-0.1, -0.05) is 155 Å². The quantitative estimate of drug-likeness (QED) is 0.153. The molecule has 2 heteroatoms. The summed E-state index contributed by atoms with van der Waals surface area (Å²) in [6.45, 7) is 7.18. The molecule has 2 aliphatic carbocycles. The molecule has 0 aromatic heterocycles. The van der Waals surface area contributed by atoms with Gasteiger partial charge in [0.25, 0.3) is 0 Å². The Labute approximate surface area is 344 Å². The van der Waals surface area contributed by atoms with E-state index in [1.54, 1.807) is 0 Å². The van der Waals surface area contributed by atoms with Crippen LogP contribution in [0, 0.1) is 5.92 Å². The van der Waals surface area contributed by atoms with E-state index in [2.05, 4.69) is 225 Å². The molecule has 2 atom stereocenters. The number of nitrogens with zero attached hydrogens (tertiary/aromatic N) is 2. The highest BCUT2D eigenvalue weighted by Crippen LogP contribution is 2.52. The van der Waals surface area contributed by atoms with E-state index in [4.69, 9.17) is 0 Å². The van der Waals surface area contributed by atoms with Crippen LogP contribution in [0.3, 0.4) is 0 Å². The maximum Gasteiger partial charge on any atom is 0.0468 e. The van der Waals surface area contributed by atoms with Gasteiger partial charge >= 0.3 is 0 Å². The summed E-state index contributed by atoms with van der Waals surface area (Å²) in [5.74, 6) is 0.645. The van der Waals surface area contributed by atoms with Gasteiger partial charge in [0.1, 0.15) is 0 Å². The third kappa shape index (κ3) is 6.19. The van der Waals surface area contributed by atoms with Crippen molar-refractivity contribution in [3.05, 3.63) is 216 Å². The lowest BCUT2D eigenvalue weighted by Gasteiger charge is -2.42. The van der Waals surface area contributed by atoms with Crippen molar-refractivity contribution in [3.8, 4) is 11.1 Å². The van der Waals surface area contributed by atoms with Crippen LogP contribution in [0.15, 0.2) is 194 Å². The fraction of sp³-hybridized carbons (Fsp3) is 0.179. The van der Waals surface area contributed by atoms with Gasteiger partial charge in [-0.3, -0.25) is 0 Å². The first-order valence-corrected chi connectivity index (χ1v) is 21.0. The van der Waals surface area contributed by atoms with Gasteiger partial charge in [-0.25, -0.2) is 0 Å². The normalized spacial score (nSPS) is 18.0. The molecule has 8 aromatic carbocycles. The first kappa shape index (κ1) is 36.0. The Morgan fingerprint density at radius 1 is 0.431 bits per heavy atom. The van der Waals surface area contributed by atoms with Crippen LogP contribution in [0.25, 0.3) is 21.9 Å². The summed E-state index contributed by atoms with van der Waals surface area (Å²) in [6, 6.07) is 72.1. The monoisotopic (exact) mass is 750 g/mol. The molecule has 0 amide bonds. The number of benzene rings is 8. The molecule has 2 unspecified atom stereocenters. The fourth-order valence-electron chi connectivity index (χ4n) is 10.3. The summed E-state index contributed by atoms with van der Waals surface area (Å²) in [6.07, 6.45) is 4.79. The number of rotatable bonds is 8. The highest BCUT2D eigenvalue weighted by atomic mass is 15.1. The summed E-state index contributed by atoms with van der Waals surface area (Å²) in [5.41, 5.74) is 15.1. The fourth-order valence-corrected chi connectivity index (χ4v) is 10.3. The van der Waals surface area contributed by atoms with E-state index in [-0.39, 0.29) is 10.8 Å². The van der Waals surface area contributed by atoms with Crippen molar-refractivity contribution >= 4 is 44.9 Å². The molecule has 0 heterocycles. The summed E-state index contributed by atoms with van der Waals surface area (Å²) in [7, 11) is 0. The molecule has 1 fully saturated rings. The molecule has 1 saturated carbocycles. The van der Waals surface area contributed by atoms with Crippen molar-refractivity contribution in [2.45, 2.75) is 57.3 Å². The average molecular weight is 751 g/mol. The van der Waals surface area contributed by atoms with Crippen LogP contribution < -0.4 is 9.80 Å². The molecule has 0 bridgehead atoms. The molecule has 0 radical (unpaired) electrons. The van der Waals surface area contributed by atoms with Crippen LogP contribution in [0.5, 0.6) is 0 Å². The third-order valence-corrected chi connectivity index (χ3v) is 13.2. The van der Waals surface area contributed by atoms with Gasteiger partial charge in [-0.05, 0) is 136 Å². The summed E-state index contributed by atoms with van der Waals surface area (Å²) in [4.78, 5) is 4.82. The maximum atomic E-state index is 2.46. The molecule has 2 aliphatic rings. The third-order valence-electron chi connectivity index (χ3n) is 13.2. The van der Waals surface area contributed by atoms with Gasteiger partial charge in [0, 0.05) is 45.0 Å². The Bertz CT molecular complexity index is 2680. The highest BCUT2D eigenvalue weighted by Gasteiger charge is 2.39. The lowest BCUT2D eigenvalue weighted by Crippen LogP contribution is -2.33. The van der Waals surface area contributed by atoms with Crippen molar-refractivity contribution in [2.24, 2.45) is 5.92 Å². The first-order chi connectivity index (χ1) is 28.4. The number of anilines is 6. The zero-order valence-electron chi connectivity index (χ0n) is 33.8. The van der Waals surface area contributed by atoms with Crippen LogP contribution in [0.4, 0.5) is 34.1 Å². The molecule has 10 rings (SSSR count). The van der Waals surface area contributed by atoms with Crippen molar-refractivity contribution in [3.63, 3.8) is 0 Å². The summed E-state index contributed by atoms with van der Waals surface area (Å²) < 4.78 is 0. The molecule has 0 aliphatic heterocycles. The van der Waals surface area contributed by atoms with Crippen LogP contribution in [0.1, 0.15) is 68.7 Å². The van der Waals surface area contributed by atoms with Crippen LogP contribution in [0.2, 0.25) is 0 Å². The smallest absolute Gasteiger partial charge is 0.0468 e. The van der Waals surface area contributed by atoms with Gasteiger partial charge in [-0.2, -0.15) is 0 Å². The lowest BCUT2D eigenvalue weighted by molar-refractivity contribution is 0.272. The second-order valence-electron chi connectivity index (χ2n) is 17.2. The second kappa shape index (κ2) is 14.5. The van der Waals surface area contributed by atoms with Crippen LogP contribution in [-0.2, 0) is 10.8 Å². The van der Waals surface area contributed by atoms with E-state index < -0.39 is 0 Å². The molecule has 0 spiro atoms. The number of hydrogen-bond donors (Lipinski definition) is 0. The number of hydrogen-bond acceptors (Lipinski definition) is 2. The zero-order valence-corrected chi connectivity index (χ0v) is 33.8. The van der Waals surface area contributed by atoms with E-state index in [0.717, 1.165) is 29.9 Å². The van der Waals surface area contributed by atoms with Crippen molar-refractivity contribution in [2.75, 3.05) is 9.80 Å². The summed E-state index contributed by atoms with van der Waals surface area (Å²) >= 11 is 0. The topological polar surface area (TPSA) is 6.48 Å². The maximum absolute atomic E-state index is 2.46. The van der Waals surface area contributed by atoms with Crippen molar-refractivity contribution < 1.29 is 0 Å². The zero-order chi connectivity index (χ0) is 39.3. The first-order valence-electron chi connectivity index (χ1n) is 21.0. The molecular formula is C56H50N2. The van der Waals surface area contributed by atoms with Crippen molar-refractivity contribution in [1.82, 2.24) is 0 Å². The second-order valence-corrected chi connectivity index (χ2v) is 17.2. The van der Waals surface area contributed by atoms with E-state index >= 15 is 0 Å². The lowest BCUT2D eigenvalue weighted by atomic mass is 9.62. The molecule has 284 valence electrons. The Hall–Kier alpha value is -6.38. The highest BCUT2D eigenvalue weighted by molar-refractivity contribution is 5.91. The Morgan fingerprint density at radius 2 is 0.914 bits per heavy atom. The Kier molecular flexibility index (Phi) is 9.02. The molecule has 58 heavy (non-hydrogen) atoms. The molecule has 8 aromatic rings. The predicted octanol–water partition coefficient (Wildman–Crippen LogP) is 15.6. The Morgan fingerprint density at radius 3 is 1.55 bits per heavy atom. The molecule has 0 N–H and O–H groups in total. The minimum Gasteiger partial charge on any atom is -0.311 e. The van der Waals surface area contributed by atoms with E-state index in [1.165, 1.54) is 74.1 Å². The van der Waals surface area contributed by atoms with Gasteiger partial charge in [0.2, 0.25) is 0 Å².